The molecule has 1 aromatic carbocycles. The number of benzene rings is 1. The molecule has 0 bridgehead atoms. The summed E-state index contributed by atoms with van der Waals surface area (Å²) in [5.74, 6) is 0.644. The molecular weight excluding hydrogens is 265 g/mol. The molecule has 0 unspecified atom stereocenters. The Hall–Kier alpha value is -1.23. The van der Waals surface area contributed by atoms with Crippen LogP contribution in [-0.4, -0.2) is 13.1 Å². The number of hydrogen-bond donors (Lipinski definition) is 1. The third-order valence-electron chi connectivity index (χ3n) is 3.65. The predicted octanol–water partition coefficient (Wildman–Crippen LogP) is 3.79. The van der Waals surface area contributed by atoms with Gasteiger partial charge in [0.1, 0.15) is 0 Å². The van der Waals surface area contributed by atoms with Gasteiger partial charge in [-0.3, -0.25) is 0 Å². The van der Waals surface area contributed by atoms with Gasteiger partial charge in [-0.05, 0) is 42.9 Å². The van der Waals surface area contributed by atoms with Crippen LogP contribution in [0.2, 0.25) is 0 Å². The first-order valence-corrected chi connectivity index (χ1v) is 7.10. The van der Waals surface area contributed by atoms with E-state index in [4.69, 9.17) is 5.73 Å². The van der Waals surface area contributed by atoms with Gasteiger partial charge in [-0.1, -0.05) is 13.0 Å². The van der Waals surface area contributed by atoms with E-state index in [2.05, 4.69) is 4.90 Å². The van der Waals surface area contributed by atoms with Crippen molar-refractivity contribution >= 4 is 5.69 Å². The van der Waals surface area contributed by atoms with Crippen LogP contribution in [0.5, 0.6) is 0 Å². The number of nitrogens with zero attached hydrogens (tertiary/aromatic N) is 1. The second-order valence-electron chi connectivity index (χ2n) is 5.43. The summed E-state index contributed by atoms with van der Waals surface area (Å²) in [5.41, 5.74) is 5.62. The first kappa shape index (κ1) is 15.2. The lowest BCUT2D eigenvalue weighted by molar-refractivity contribution is -0.138. The highest BCUT2D eigenvalue weighted by Crippen LogP contribution is 2.36. The maximum Gasteiger partial charge on any atom is 0.416 e. The number of nitrogens with two attached hydrogens (primary N) is 1. The van der Waals surface area contributed by atoms with Gasteiger partial charge < -0.3 is 10.6 Å². The minimum absolute atomic E-state index is 0.0917. The highest BCUT2D eigenvalue weighted by molar-refractivity contribution is 5.52. The standard InChI is InChI=1S/C15H21F3N2/c1-2-7-20(10-11-3-4-11)13-6-5-12(9-19)14(8-13)15(16,17)18/h5-6,8,11H,2-4,7,9-10,19H2,1H3. The van der Waals surface area contributed by atoms with Crippen molar-refractivity contribution in [1.29, 1.82) is 0 Å². The van der Waals surface area contributed by atoms with E-state index < -0.39 is 11.7 Å². The van der Waals surface area contributed by atoms with Crippen LogP contribution in [0.25, 0.3) is 0 Å². The van der Waals surface area contributed by atoms with Crippen LogP contribution in [0.15, 0.2) is 18.2 Å². The number of alkyl halides is 3. The third-order valence-corrected chi connectivity index (χ3v) is 3.65. The number of halogens is 3. The predicted molar refractivity (Wildman–Crippen MR) is 74.6 cm³/mol. The van der Waals surface area contributed by atoms with Gasteiger partial charge in [-0.25, -0.2) is 0 Å². The Morgan fingerprint density at radius 1 is 1.30 bits per heavy atom. The molecule has 1 aliphatic rings. The SMILES string of the molecule is CCCN(CC1CC1)c1ccc(CN)c(C(F)(F)F)c1. The lowest BCUT2D eigenvalue weighted by atomic mass is 10.1. The van der Waals surface area contributed by atoms with Crippen LogP contribution in [-0.2, 0) is 12.7 Å². The first-order chi connectivity index (χ1) is 9.45. The van der Waals surface area contributed by atoms with Crippen molar-refractivity contribution in [1.82, 2.24) is 0 Å². The summed E-state index contributed by atoms with van der Waals surface area (Å²) in [5, 5.41) is 0. The molecule has 5 heteroatoms. The third kappa shape index (κ3) is 3.66. The molecule has 2 nitrogen and oxygen atoms in total. The minimum atomic E-state index is -4.35. The van der Waals surface area contributed by atoms with Crippen LogP contribution in [0.1, 0.15) is 37.3 Å². The Bertz CT molecular complexity index is 453. The molecule has 0 amide bonds. The van der Waals surface area contributed by atoms with Crippen LogP contribution in [0.4, 0.5) is 18.9 Å². The van der Waals surface area contributed by atoms with Gasteiger partial charge in [-0.2, -0.15) is 13.2 Å². The second kappa shape index (κ2) is 6.04. The summed E-state index contributed by atoms with van der Waals surface area (Å²) in [7, 11) is 0. The van der Waals surface area contributed by atoms with Crippen LogP contribution < -0.4 is 10.6 Å². The van der Waals surface area contributed by atoms with E-state index in [0.717, 1.165) is 19.5 Å². The summed E-state index contributed by atoms with van der Waals surface area (Å²) >= 11 is 0. The molecule has 0 radical (unpaired) electrons. The number of anilines is 1. The Labute approximate surface area is 117 Å². The molecule has 112 valence electrons. The molecule has 0 saturated heterocycles. The average Bonchev–Trinajstić information content (AvgIpc) is 3.20. The van der Waals surface area contributed by atoms with Crippen molar-refractivity contribution in [3.05, 3.63) is 29.3 Å². The van der Waals surface area contributed by atoms with E-state index >= 15 is 0 Å². The van der Waals surface area contributed by atoms with Gasteiger partial charge in [0.2, 0.25) is 0 Å². The van der Waals surface area contributed by atoms with E-state index in [1.165, 1.54) is 25.0 Å². The smallest absolute Gasteiger partial charge is 0.371 e. The fourth-order valence-corrected chi connectivity index (χ4v) is 2.41. The van der Waals surface area contributed by atoms with Gasteiger partial charge in [0.05, 0.1) is 5.56 Å². The van der Waals surface area contributed by atoms with Gasteiger partial charge in [0.25, 0.3) is 0 Å². The van der Waals surface area contributed by atoms with E-state index in [-0.39, 0.29) is 12.1 Å². The highest BCUT2D eigenvalue weighted by atomic mass is 19.4. The maximum absolute atomic E-state index is 13.1. The Morgan fingerprint density at radius 2 is 2.00 bits per heavy atom. The van der Waals surface area contributed by atoms with Gasteiger partial charge in [0.15, 0.2) is 0 Å². The van der Waals surface area contributed by atoms with Crippen molar-refractivity contribution in [2.45, 2.75) is 38.9 Å². The topological polar surface area (TPSA) is 29.3 Å². The molecule has 20 heavy (non-hydrogen) atoms. The maximum atomic E-state index is 13.1. The first-order valence-electron chi connectivity index (χ1n) is 7.10. The molecule has 1 saturated carbocycles. The van der Waals surface area contributed by atoms with E-state index in [0.29, 0.717) is 11.6 Å². The van der Waals surface area contributed by atoms with E-state index in [1.807, 2.05) is 6.92 Å². The molecular formula is C15H21F3N2. The quantitative estimate of drug-likeness (QED) is 0.862. The van der Waals surface area contributed by atoms with Crippen molar-refractivity contribution in [3.63, 3.8) is 0 Å². The van der Waals surface area contributed by atoms with E-state index in [1.54, 1.807) is 6.07 Å². The van der Waals surface area contributed by atoms with Gasteiger partial charge in [0, 0.05) is 25.3 Å². The molecule has 2 N–H and O–H groups in total. The monoisotopic (exact) mass is 286 g/mol. The Kier molecular flexibility index (Phi) is 4.58. The lowest BCUT2D eigenvalue weighted by Gasteiger charge is -2.26. The van der Waals surface area contributed by atoms with E-state index in [9.17, 15) is 13.2 Å². The fraction of sp³-hybridized carbons (Fsp3) is 0.600. The van der Waals surface area contributed by atoms with Crippen molar-refractivity contribution in [2.24, 2.45) is 11.7 Å². The summed E-state index contributed by atoms with van der Waals surface area (Å²) in [6.45, 7) is 3.59. The van der Waals surface area contributed by atoms with Crippen LogP contribution in [0.3, 0.4) is 0 Å². The van der Waals surface area contributed by atoms with Crippen LogP contribution in [0, 0.1) is 5.92 Å². The number of hydrogen-bond acceptors (Lipinski definition) is 2. The molecule has 1 aromatic rings. The zero-order chi connectivity index (χ0) is 14.8. The zero-order valence-corrected chi connectivity index (χ0v) is 11.7. The Balaban J connectivity index is 2.29. The molecule has 0 spiro atoms. The largest absolute Gasteiger partial charge is 0.416 e. The summed E-state index contributed by atoms with van der Waals surface area (Å²) in [6, 6.07) is 4.52. The zero-order valence-electron chi connectivity index (χ0n) is 11.7. The second-order valence-corrected chi connectivity index (χ2v) is 5.43. The Morgan fingerprint density at radius 3 is 2.50 bits per heavy atom. The molecule has 0 atom stereocenters. The molecule has 1 fully saturated rings. The normalized spacial score (nSPS) is 15.4. The fourth-order valence-electron chi connectivity index (χ4n) is 2.41. The summed E-state index contributed by atoms with van der Waals surface area (Å²) in [4.78, 5) is 2.06. The highest BCUT2D eigenvalue weighted by Gasteiger charge is 2.34. The molecule has 0 aliphatic heterocycles. The van der Waals surface area contributed by atoms with Gasteiger partial charge >= 0.3 is 6.18 Å². The molecule has 2 rings (SSSR count). The van der Waals surface area contributed by atoms with Crippen molar-refractivity contribution < 1.29 is 13.2 Å². The summed E-state index contributed by atoms with van der Waals surface area (Å²) in [6.07, 6.45) is -1.05. The average molecular weight is 286 g/mol. The van der Waals surface area contributed by atoms with Crippen LogP contribution >= 0.6 is 0 Å². The molecule has 1 aliphatic carbocycles. The summed E-state index contributed by atoms with van der Waals surface area (Å²) < 4.78 is 39.2. The van der Waals surface area contributed by atoms with Crippen molar-refractivity contribution in [2.75, 3.05) is 18.0 Å². The molecule has 0 aromatic heterocycles. The van der Waals surface area contributed by atoms with Gasteiger partial charge in [-0.15, -0.1) is 0 Å². The lowest BCUT2D eigenvalue weighted by Crippen LogP contribution is -2.27. The number of rotatable bonds is 6. The molecule has 0 heterocycles. The van der Waals surface area contributed by atoms with Crippen molar-refractivity contribution in [3.8, 4) is 0 Å². The minimum Gasteiger partial charge on any atom is -0.371 e.